The van der Waals surface area contributed by atoms with Crippen molar-refractivity contribution in [2.75, 3.05) is 23.4 Å². The van der Waals surface area contributed by atoms with E-state index in [2.05, 4.69) is 10.6 Å². The van der Waals surface area contributed by atoms with E-state index in [1.165, 1.54) is 23.1 Å². The molecule has 2 N–H and O–H groups in total. The maximum atomic E-state index is 14.9. The largest absolute Gasteiger partial charge is 0.322 e. The van der Waals surface area contributed by atoms with Crippen molar-refractivity contribution in [3.05, 3.63) is 77.6 Å². The van der Waals surface area contributed by atoms with Gasteiger partial charge in [0.1, 0.15) is 11.9 Å². The molecule has 10 heteroatoms. The maximum absolute atomic E-state index is 14.9. The summed E-state index contributed by atoms with van der Waals surface area (Å²) in [7, 11) is -3.52. The van der Waals surface area contributed by atoms with Gasteiger partial charge in [-0.3, -0.25) is 4.79 Å². The Balaban J connectivity index is 1.49. The van der Waals surface area contributed by atoms with Gasteiger partial charge in [-0.15, -0.1) is 0 Å². The summed E-state index contributed by atoms with van der Waals surface area (Å²) in [6.45, 7) is 0.390. The number of likely N-dealkylation sites (tertiary alicyclic amines) is 1. The topological polar surface area (TPSA) is 95.6 Å². The minimum atomic E-state index is -3.52. The van der Waals surface area contributed by atoms with E-state index in [0.29, 0.717) is 41.2 Å². The molecular weight excluding hydrogens is 493 g/mol. The van der Waals surface area contributed by atoms with Crippen molar-refractivity contribution in [1.82, 2.24) is 4.90 Å². The Morgan fingerprint density at radius 1 is 1.03 bits per heavy atom. The van der Waals surface area contributed by atoms with Gasteiger partial charge in [0.25, 0.3) is 0 Å². The van der Waals surface area contributed by atoms with Crippen molar-refractivity contribution >= 4 is 44.8 Å². The highest BCUT2D eigenvalue weighted by Crippen LogP contribution is 2.30. The predicted octanol–water partition coefficient (Wildman–Crippen LogP) is 5.18. The van der Waals surface area contributed by atoms with Crippen molar-refractivity contribution in [1.29, 1.82) is 0 Å². The second kappa shape index (κ2) is 10.1. The molecule has 1 aliphatic heterocycles. The normalized spacial score (nSPS) is 15.6. The van der Waals surface area contributed by atoms with Crippen molar-refractivity contribution in [2.24, 2.45) is 0 Å². The molecular formula is C25H23ClFN3O4S. The number of carbonyl (C=O) groups is 2. The van der Waals surface area contributed by atoms with Crippen LogP contribution in [0.2, 0.25) is 5.02 Å². The molecule has 1 aliphatic rings. The smallest absolute Gasteiger partial charge is 0.322 e. The molecule has 3 aromatic carbocycles. The van der Waals surface area contributed by atoms with Gasteiger partial charge in [0, 0.05) is 29.1 Å². The van der Waals surface area contributed by atoms with Gasteiger partial charge in [0.05, 0.1) is 10.6 Å². The average molecular weight is 516 g/mol. The molecule has 7 nitrogen and oxygen atoms in total. The van der Waals surface area contributed by atoms with Gasteiger partial charge >= 0.3 is 6.03 Å². The Kier molecular flexibility index (Phi) is 7.09. The molecule has 3 amide bonds. The third-order valence-corrected chi connectivity index (χ3v) is 7.14. The lowest BCUT2D eigenvalue weighted by Gasteiger charge is -2.24. The lowest BCUT2D eigenvalue weighted by Crippen LogP contribution is -2.45. The van der Waals surface area contributed by atoms with Crippen LogP contribution in [-0.2, 0) is 14.6 Å². The Labute approximate surface area is 207 Å². The standard InChI is InChI=1S/C25H23ClFN3O4S/c1-35(33,34)23-7-3-2-5-19(23)16-8-13-21(20(27)15-16)29-24(31)22-6-4-14-30(22)25(32)28-18-11-9-17(26)10-12-18/h2-3,5,7-13,15,22H,4,6,14H2,1H3,(H,28,32)(H,29,31)/t22-/m1/s1. The van der Waals surface area contributed by atoms with Crippen molar-refractivity contribution in [3.63, 3.8) is 0 Å². The zero-order chi connectivity index (χ0) is 25.2. The van der Waals surface area contributed by atoms with Crippen LogP contribution in [0, 0.1) is 5.82 Å². The first-order chi connectivity index (χ1) is 16.6. The molecule has 1 fully saturated rings. The van der Waals surface area contributed by atoms with Crippen LogP contribution >= 0.6 is 11.6 Å². The first-order valence-corrected chi connectivity index (χ1v) is 13.1. The number of amides is 3. The first kappa shape index (κ1) is 24.7. The molecule has 1 heterocycles. The van der Waals surface area contributed by atoms with Crippen molar-refractivity contribution < 1.29 is 22.4 Å². The zero-order valence-corrected chi connectivity index (χ0v) is 20.4. The van der Waals surface area contributed by atoms with Crippen LogP contribution in [0.5, 0.6) is 0 Å². The summed E-state index contributed by atoms with van der Waals surface area (Å²) in [5.41, 5.74) is 1.22. The Bertz CT molecular complexity index is 1380. The van der Waals surface area contributed by atoms with E-state index >= 15 is 0 Å². The van der Waals surface area contributed by atoms with Crippen LogP contribution in [0.4, 0.5) is 20.6 Å². The Morgan fingerprint density at radius 2 is 1.74 bits per heavy atom. The fraction of sp³-hybridized carbons (Fsp3) is 0.200. The van der Waals surface area contributed by atoms with Crippen LogP contribution in [0.25, 0.3) is 11.1 Å². The third-order valence-electron chi connectivity index (χ3n) is 5.74. The number of carbonyl (C=O) groups excluding carboxylic acids is 2. The van der Waals surface area contributed by atoms with Crippen molar-refractivity contribution in [2.45, 2.75) is 23.8 Å². The summed E-state index contributed by atoms with van der Waals surface area (Å²) in [5, 5.41) is 5.84. The Morgan fingerprint density at radius 3 is 2.43 bits per heavy atom. The highest BCUT2D eigenvalue weighted by molar-refractivity contribution is 7.90. The third kappa shape index (κ3) is 5.63. The average Bonchev–Trinajstić information content (AvgIpc) is 3.32. The van der Waals surface area contributed by atoms with Crippen LogP contribution in [-0.4, -0.2) is 44.1 Å². The minimum absolute atomic E-state index is 0.0550. The van der Waals surface area contributed by atoms with E-state index in [1.54, 1.807) is 48.5 Å². The van der Waals surface area contributed by atoms with Crippen LogP contribution in [0.3, 0.4) is 0 Å². The molecule has 0 aromatic heterocycles. The number of hydrogen-bond acceptors (Lipinski definition) is 4. The van der Waals surface area contributed by atoms with E-state index in [-0.39, 0.29) is 10.6 Å². The summed E-state index contributed by atoms with van der Waals surface area (Å²) < 4.78 is 39.1. The minimum Gasteiger partial charge on any atom is -0.322 e. The predicted molar refractivity (Wildman–Crippen MR) is 134 cm³/mol. The summed E-state index contributed by atoms with van der Waals surface area (Å²) in [4.78, 5) is 27.2. The first-order valence-electron chi connectivity index (χ1n) is 10.9. The summed E-state index contributed by atoms with van der Waals surface area (Å²) in [6, 6.07) is 15.8. The highest BCUT2D eigenvalue weighted by atomic mass is 35.5. The van der Waals surface area contributed by atoms with E-state index in [1.807, 2.05) is 0 Å². The molecule has 1 atom stereocenters. The fourth-order valence-electron chi connectivity index (χ4n) is 4.04. The summed E-state index contributed by atoms with van der Waals surface area (Å²) in [6.07, 6.45) is 2.17. The van der Waals surface area contributed by atoms with Crippen LogP contribution in [0.1, 0.15) is 12.8 Å². The zero-order valence-electron chi connectivity index (χ0n) is 18.8. The Hall–Kier alpha value is -3.43. The molecule has 0 saturated carbocycles. The number of hydrogen-bond donors (Lipinski definition) is 2. The van der Waals surface area contributed by atoms with Gasteiger partial charge in [-0.1, -0.05) is 35.9 Å². The fourth-order valence-corrected chi connectivity index (χ4v) is 5.08. The van der Waals surface area contributed by atoms with Gasteiger partial charge in [-0.25, -0.2) is 17.6 Å². The van der Waals surface area contributed by atoms with E-state index < -0.39 is 33.6 Å². The number of nitrogens with one attached hydrogen (secondary N) is 2. The van der Waals surface area contributed by atoms with E-state index in [9.17, 15) is 22.4 Å². The summed E-state index contributed by atoms with van der Waals surface area (Å²) in [5.74, 6) is -1.22. The molecule has 0 spiro atoms. The molecule has 1 saturated heterocycles. The molecule has 3 aromatic rings. The lowest BCUT2D eigenvalue weighted by atomic mass is 10.0. The second-order valence-electron chi connectivity index (χ2n) is 8.24. The molecule has 0 aliphatic carbocycles. The molecule has 0 unspecified atom stereocenters. The van der Waals surface area contributed by atoms with Gasteiger partial charge in [-0.05, 0) is 60.9 Å². The maximum Gasteiger partial charge on any atom is 0.322 e. The lowest BCUT2D eigenvalue weighted by molar-refractivity contribution is -0.119. The van der Waals surface area contributed by atoms with Gasteiger partial charge in [0.15, 0.2) is 9.84 Å². The number of urea groups is 1. The molecule has 0 bridgehead atoms. The monoisotopic (exact) mass is 515 g/mol. The molecule has 0 radical (unpaired) electrons. The number of nitrogens with zero attached hydrogens (tertiary/aromatic N) is 1. The number of benzene rings is 3. The molecule has 182 valence electrons. The van der Waals surface area contributed by atoms with Gasteiger partial charge in [-0.2, -0.15) is 0 Å². The van der Waals surface area contributed by atoms with Gasteiger partial charge < -0.3 is 15.5 Å². The highest BCUT2D eigenvalue weighted by Gasteiger charge is 2.34. The number of sulfone groups is 1. The number of halogens is 2. The quantitative estimate of drug-likeness (QED) is 0.489. The SMILES string of the molecule is CS(=O)(=O)c1ccccc1-c1ccc(NC(=O)[C@H]2CCCN2C(=O)Nc2ccc(Cl)cc2)c(F)c1. The summed E-state index contributed by atoms with van der Waals surface area (Å²) >= 11 is 5.87. The van der Waals surface area contributed by atoms with E-state index in [0.717, 1.165) is 6.26 Å². The van der Waals surface area contributed by atoms with Crippen LogP contribution < -0.4 is 10.6 Å². The van der Waals surface area contributed by atoms with E-state index in [4.69, 9.17) is 11.6 Å². The molecule has 4 rings (SSSR count). The number of rotatable bonds is 5. The number of anilines is 2. The molecule has 35 heavy (non-hydrogen) atoms. The van der Waals surface area contributed by atoms with Crippen molar-refractivity contribution in [3.8, 4) is 11.1 Å². The second-order valence-corrected chi connectivity index (χ2v) is 10.7. The van der Waals surface area contributed by atoms with Gasteiger partial charge in [0.2, 0.25) is 5.91 Å². The van der Waals surface area contributed by atoms with Crippen LogP contribution in [0.15, 0.2) is 71.6 Å².